The monoisotopic (exact) mass is 410 g/mol. The molecular formula is C17H19F9O. The molecule has 0 radical (unpaired) electrons. The van der Waals surface area contributed by atoms with Gasteiger partial charge in [-0.15, -0.1) is 0 Å². The first-order chi connectivity index (χ1) is 12.2. The quantitative estimate of drug-likeness (QED) is 0.418. The lowest BCUT2D eigenvalue weighted by Crippen LogP contribution is -2.61. The van der Waals surface area contributed by atoms with Crippen molar-refractivity contribution in [2.24, 2.45) is 0 Å². The summed E-state index contributed by atoms with van der Waals surface area (Å²) in [5.41, 5.74) is 0.656. The van der Waals surface area contributed by atoms with Crippen LogP contribution < -0.4 is 0 Å². The van der Waals surface area contributed by atoms with Crippen LogP contribution in [0, 0.1) is 0 Å². The number of alkyl halides is 9. The van der Waals surface area contributed by atoms with E-state index in [0.717, 1.165) is 20.0 Å². The third kappa shape index (κ3) is 4.89. The molecule has 0 fully saturated rings. The molecule has 1 nitrogen and oxygen atoms in total. The van der Waals surface area contributed by atoms with Crippen molar-refractivity contribution in [3.8, 4) is 0 Å². The van der Waals surface area contributed by atoms with Gasteiger partial charge in [0.1, 0.15) is 0 Å². The average molecular weight is 410 g/mol. The molecule has 0 aromatic heterocycles. The Balaban J connectivity index is 3.14. The van der Waals surface area contributed by atoms with Crippen molar-refractivity contribution in [3.63, 3.8) is 0 Å². The maximum Gasteiger partial charge on any atom is 0.460 e. The van der Waals surface area contributed by atoms with Crippen LogP contribution in [0.2, 0.25) is 0 Å². The van der Waals surface area contributed by atoms with Crippen LogP contribution in [0.5, 0.6) is 0 Å². The van der Waals surface area contributed by atoms with E-state index < -0.39 is 36.5 Å². The Morgan fingerprint density at radius 1 is 0.926 bits per heavy atom. The summed E-state index contributed by atoms with van der Waals surface area (Å²) in [6, 6.07) is 5.71. The van der Waals surface area contributed by atoms with Gasteiger partial charge in [0, 0.05) is 13.5 Å². The van der Waals surface area contributed by atoms with Gasteiger partial charge in [-0.1, -0.05) is 37.6 Å². The Labute approximate surface area is 150 Å². The number of hydrogen-bond acceptors (Lipinski definition) is 1. The van der Waals surface area contributed by atoms with E-state index in [1.807, 2.05) is 6.92 Å². The van der Waals surface area contributed by atoms with Crippen molar-refractivity contribution >= 4 is 0 Å². The normalized spacial score (nSPS) is 15.1. The standard InChI is InChI=1S/C17H19F9O/c1-3-4-6-11-7-5-8-12(9-11)13(27-2)10-14(18,19)15(20,21)16(22,23)17(24,25)26/h5,7-9,13H,3-4,6,10H2,1-2H3. The number of rotatable bonds is 9. The summed E-state index contributed by atoms with van der Waals surface area (Å²) in [7, 11) is 0.875. The van der Waals surface area contributed by atoms with Crippen LogP contribution in [-0.4, -0.2) is 31.1 Å². The van der Waals surface area contributed by atoms with Crippen LogP contribution in [0.4, 0.5) is 39.5 Å². The number of benzene rings is 1. The lowest BCUT2D eigenvalue weighted by Gasteiger charge is -2.35. The fourth-order valence-corrected chi connectivity index (χ4v) is 2.44. The summed E-state index contributed by atoms with van der Waals surface area (Å²) < 4.78 is 122. The smallest absolute Gasteiger partial charge is 0.377 e. The topological polar surface area (TPSA) is 9.23 Å². The first kappa shape index (κ1) is 23.6. The first-order valence-electron chi connectivity index (χ1n) is 8.03. The lowest BCUT2D eigenvalue weighted by molar-refractivity contribution is -0.398. The fraction of sp³-hybridized carbons (Fsp3) is 0.647. The molecule has 1 unspecified atom stereocenters. The summed E-state index contributed by atoms with van der Waals surface area (Å²) in [6.45, 7) is 1.91. The summed E-state index contributed by atoms with van der Waals surface area (Å²) >= 11 is 0. The third-order valence-electron chi connectivity index (χ3n) is 4.08. The number of methoxy groups -OCH3 is 1. The van der Waals surface area contributed by atoms with Gasteiger partial charge < -0.3 is 4.74 Å². The summed E-state index contributed by atoms with van der Waals surface area (Å²) in [5.74, 6) is -19.2. The summed E-state index contributed by atoms with van der Waals surface area (Å²) in [5, 5.41) is 0. The number of hydrogen-bond donors (Lipinski definition) is 0. The van der Waals surface area contributed by atoms with E-state index in [2.05, 4.69) is 4.74 Å². The number of unbranched alkanes of at least 4 members (excludes halogenated alkanes) is 1. The molecule has 0 aliphatic heterocycles. The Morgan fingerprint density at radius 3 is 2.00 bits per heavy atom. The molecule has 0 amide bonds. The highest BCUT2D eigenvalue weighted by Crippen LogP contribution is 2.55. The van der Waals surface area contributed by atoms with Crippen molar-refractivity contribution in [1.29, 1.82) is 0 Å². The minimum absolute atomic E-state index is 0.0168. The number of aryl methyl sites for hydroxylation is 1. The number of halogens is 9. The Bertz CT molecular complexity index is 611. The van der Waals surface area contributed by atoms with Gasteiger partial charge in [0.25, 0.3) is 0 Å². The molecule has 0 aliphatic rings. The van der Waals surface area contributed by atoms with Gasteiger partial charge in [-0.2, -0.15) is 39.5 Å². The molecular weight excluding hydrogens is 391 g/mol. The fourth-order valence-electron chi connectivity index (χ4n) is 2.44. The van der Waals surface area contributed by atoms with E-state index in [9.17, 15) is 39.5 Å². The van der Waals surface area contributed by atoms with Crippen LogP contribution in [-0.2, 0) is 11.2 Å². The van der Waals surface area contributed by atoms with Gasteiger partial charge in [-0.05, 0) is 24.0 Å². The van der Waals surface area contributed by atoms with Gasteiger partial charge in [-0.3, -0.25) is 0 Å². The lowest BCUT2D eigenvalue weighted by atomic mass is 9.94. The predicted octanol–water partition coefficient (Wildman–Crippen LogP) is 6.58. The predicted molar refractivity (Wildman–Crippen MR) is 80.3 cm³/mol. The summed E-state index contributed by atoms with van der Waals surface area (Å²) in [4.78, 5) is 0. The molecule has 0 N–H and O–H groups in total. The van der Waals surface area contributed by atoms with Gasteiger partial charge in [-0.25, -0.2) is 0 Å². The molecule has 0 heterocycles. The summed E-state index contributed by atoms with van der Waals surface area (Å²) in [6.07, 6.45) is -8.53. The van der Waals surface area contributed by atoms with Gasteiger partial charge in [0.05, 0.1) is 6.10 Å². The zero-order valence-electron chi connectivity index (χ0n) is 14.5. The minimum atomic E-state index is -6.90. The van der Waals surface area contributed by atoms with Crippen LogP contribution in [0.25, 0.3) is 0 Å². The minimum Gasteiger partial charge on any atom is -0.377 e. The molecule has 1 aromatic carbocycles. The Kier molecular flexibility index (Phi) is 7.23. The van der Waals surface area contributed by atoms with Crippen LogP contribution in [0.3, 0.4) is 0 Å². The SMILES string of the molecule is CCCCc1cccc(C(CC(F)(F)C(F)(F)C(F)(F)C(F)(F)F)OC)c1. The van der Waals surface area contributed by atoms with E-state index >= 15 is 0 Å². The van der Waals surface area contributed by atoms with Crippen molar-refractivity contribution in [3.05, 3.63) is 35.4 Å². The zero-order valence-corrected chi connectivity index (χ0v) is 14.5. The molecule has 1 aromatic rings. The van der Waals surface area contributed by atoms with E-state index in [1.165, 1.54) is 18.2 Å². The second kappa shape index (κ2) is 8.28. The molecule has 156 valence electrons. The molecule has 1 atom stereocenters. The Morgan fingerprint density at radius 2 is 1.52 bits per heavy atom. The van der Waals surface area contributed by atoms with Crippen molar-refractivity contribution < 1.29 is 44.3 Å². The molecule has 10 heteroatoms. The van der Waals surface area contributed by atoms with Crippen LogP contribution in [0.1, 0.15) is 43.4 Å². The molecule has 0 spiro atoms. The average Bonchev–Trinajstić information content (AvgIpc) is 2.56. The van der Waals surface area contributed by atoms with E-state index in [-0.39, 0.29) is 5.56 Å². The van der Waals surface area contributed by atoms with Crippen molar-refractivity contribution in [2.45, 2.75) is 62.7 Å². The zero-order chi connectivity index (χ0) is 21.1. The second-order valence-corrected chi connectivity index (χ2v) is 6.13. The highest BCUT2D eigenvalue weighted by atomic mass is 19.4. The molecule has 0 saturated heterocycles. The molecule has 1 rings (SSSR count). The maximum absolute atomic E-state index is 13.8. The Hall–Kier alpha value is -1.45. The van der Waals surface area contributed by atoms with E-state index in [1.54, 1.807) is 6.07 Å². The van der Waals surface area contributed by atoms with Gasteiger partial charge in [0.2, 0.25) is 0 Å². The number of ether oxygens (including phenoxy) is 1. The molecule has 0 saturated carbocycles. The largest absolute Gasteiger partial charge is 0.460 e. The maximum atomic E-state index is 13.8. The van der Waals surface area contributed by atoms with Crippen LogP contribution >= 0.6 is 0 Å². The first-order valence-corrected chi connectivity index (χ1v) is 8.03. The highest BCUT2D eigenvalue weighted by Gasteiger charge is 2.81. The van der Waals surface area contributed by atoms with E-state index in [0.29, 0.717) is 12.0 Å². The van der Waals surface area contributed by atoms with E-state index in [4.69, 9.17) is 0 Å². The molecule has 27 heavy (non-hydrogen) atoms. The highest BCUT2D eigenvalue weighted by molar-refractivity contribution is 5.26. The van der Waals surface area contributed by atoms with Crippen molar-refractivity contribution in [1.82, 2.24) is 0 Å². The van der Waals surface area contributed by atoms with Gasteiger partial charge in [0.15, 0.2) is 0 Å². The molecule has 0 aliphatic carbocycles. The second-order valence-electron chi connectivity index (χ2n) is 6.13. The molecule has 0 bridgehead atoms. The third-order valence-corrected chi connectivity index (χ3v) is 4.08. The van der Waals surface area contributed by atoms with Gasteiger partial charge >= 0.3 is 23.9 Å². The van der Waals surface area contributed by atoms with Crippen molar-refractivity contribution in [2.75, 3.05) is 7.11 Å². The van der Waals surface area contributed by atoms with Crippen LogP contribution in [0.15, 0.2) is 24.3 Å².